The standard InChI is InChI=1S/C4H8NO/c1-3-5-6-4-2/h4H2,1-2H3. The average Bonchev–Trinajstić information content (AvgIpc) is 1.61. The van der Waals surface area contributed by atoms with Crippen LogP contribution in [0.4, 0.5) is 0 Å². The van der Waals surface area contributed by atoms with Crippen molar-refractivity contribution in [2.24, 2.45) is 5.16 Å². The van der Waals surface area contributed by atoms with Crippen molar-refractivity contribution in [1.29, 1.82) is 0 Å². The summed E-state index contributed by atoms with van der Waals surface area (Å²) in [7, 11) is 0. The first-order chi connectivity index (χ1) is 2.91. The van der Waals surface area contributed by atoms with Gasteiger partial charge in [-0.2, -0.15) is 0 Å². The Kier molecular flexibility index (Phi) is 4.08. The van der Waals surface area contributed by atoms with E-state index in [1.807, 2.05) is 6.92 Å². The van der Waals surface area contributed by atoms with Crippen LogP contribution in [0.5, 0.6) is 0 Å². The summed E-state index contributed by atoms with van der Waals surface area (Å²) < 4.78 is 0. The number of rotatable bonds is 2. The molecule has 0 rings (SSSR count). The zero-order valence-electron chi connectivity index (χ0n) is 4.06. The SMILES string of the molecule is C[C]=NOCC. The van der Waals surface area contributed by atoms with Gasteiger partial charge in [0.25, 0.3) is 0 Å². The quantitative estimate of drug-likeness (QED) is 0.361. The molecular weight excluding hydrogens is 78.0 g/mol. The van der Waals surface area contributed by atoms with E-state index in [0.29, 0.717) is 6.61 Å². The zero-order chi connectivity index (χ0) is 4.83. The van der Waals surface area contributed by atoms with Gasteiger partial charge in [0.2, 0.25) is 0 Å². The smallest absolute Gasteiger partial charge is 0.114 e. The van der Waals surface area contributed by atoms with E-state index < -0.39 is 0 Å². The zero-order valence-corrected chi connectivity index (χ0v) is 4.06. The van der Waals surface area contributed by atoms with Gasteiger partial charge in [0.1, 0.15) is 12.8 Å². The Morgan fingerprint density at radius 3 is 2.67 bits per heavy atom. The van der Waals surface area contributed by atoms with E-state index in [9.17, 15) is 0 Å². The van der Waals surface area contributed by atoms with Crippen molar-refractivity contribution < 1.29 is 4.84 Å². The van der Waals surface area contributed by atoms with Crippen LogP contribution in [0.2, 0.25) is 0 Å². The van der Waals surface area contributed by atoms with Crippen LogP contribution in [-0.2, 0) is 4.84 Å². The molecule has 0 unspecified atom stereocenters. The summed E-state index contributed by atoms with van der Waals surface area (Å²) in [5.41, 5.74) is 0. The van der Waals surface area contributed by atoms with Crippen molar-refractivity contribution >= 4 is 6.21 Å². The number of nitrogens with zero attached hydrogens (tertiary/aromatic N) is 1. The first-order valence-electron chi connectivity index (χ1n) is 1.90. The van der Waals surface area contributed by atoms with Crippen LogP contribution >= 0.6 is 0 Å². The van der Waals surface area contributed by atoms with Crippen LogP contribution in [-0.4, -0.2) is 12.8 Å². The molecule has 0 bridgehead atoms. The van der Waals surface area contributed by atoms with Crippen LogP contribution in [0.15, 0.2) is 5.16 Å². The summed E-state index contributed by atoms with van der Waals surface area (Å²) in [6.45, 7) is 4.19. The highest BCUT2D eigenvalue weighted by Crippen LogP contribution is 1.67. The first kappa shape index (κ1) is 5.47. The van der Waals surface area contributed by atoms with Gasteiger partial charge in [-0.05, 0) is 13.8 Å². The van der Waals surface area contributed by atoms with Gasteiger partial charge in [-0.15, -0.1) is 0 Å². The van der Waals surface area contributed by atoms with E-state index in [2.05, 4.69) is 16.2 Å². The van der Waals surface area contributed by atoms with Gasteiger partial charge in [0.05, 0.1) is 0 Å². The Hall–Kier alpha value is -0.530. The molecule has 0 heterocycles. The van der Waals surface area contributed by atoms with E-state index in [-0.39, 0.29) is 0 Å². The van der Waals surface area contributed by atoms with Crippen LogP contribution in [0.3, 0.4) is 0 Å². The molecule has 0 aliphatic heterocycles. The number of hydrogen-bond acceptors (Lipinski definition) is 2. The molecule has 0 aromatic carbocycles. The molecule has 0 aliphatic carbocycles. The molecule has 35 valence electrons. The molecule has 0 aromatic rings. The monoisotopic (exact) mass is 86.1 g/mol. The van der Waals surface area contributed by atoms with E-state index in [1.165, 1.54) is 0 Å². The third kappa shape index (κ3) is 3.47. The topological polar surface area (TPSA) is 21.6 Å². The second kappa shape index (κ2) is 4.47. The van der Waals surface area contributed by atoms with E-state index >= 15 is 0 Å². The molecule has 0 spiro atoms. The fraction of sp³-hybridized carbons (Fsp3) is 0.750. The maximum atomic E-state index is 4.50. The van der Waals surface area contributed by atoms with Gasteiger partial charge in [-0.1, -0.05) is 5.16 Å². The summed E-state index contributed by atoms with van der Waals surface area (Å²) in [5.74, 6) is 0. The predicted octanol–water partition coefficient (Wildman–Crippen LogP) is 0.906. The summed E-state index contributed by atoms with van der Waals surface area (Å²) in [6, 6.07) is 0. The van der Waals surface area contributed by atoms with E-state index in [1.54, 1.807) is 6.92 Å². The maximum absolute atomic E-state index is 4.50. The lowest BCUT2D eigenvalue weighted by atomic mass is 10.9. The van der Waals surface area contributed by atoms with Gasteiger partial charge in [0.15, 0.2) is 0 Å². The Morgan fingerprint density at radius 2 is 2.50 bits per heavy atom. The molecule has 6 heavy (non-hydrogen) atoms. The second-order valence-electron chi connectivity index (χ2n) is 0.733. The minimum Gasteiger partial charge on any atom is -0.396 e. The van der Waals surface area contributed by atoms with E-state index in [4.69, 9.17) is 0 Å². The van der Waals surface area contributed by atoms with E-state index in [0.717, 1.165) is 0 Å². The third-order valence-corrected chi connectivity index (χ3v) is 0.285. The minimum atomic E-state index is 0.626. The highest BCUT2D eigenvalue weighted by atomic mass is 16.6. The Morgan fingerprint density at radius 1 is 1.83 bits per heavy atom. The molecule has 1 radical (unpaired) electrons. The molecule has 0 N–H and O–H groups in total. The third-order valence-electron chi connectivity index (χ3n) is 0.285. The minimum absolute atomic E-state index is 0.626. The van der Waals surface area contributed by atoms with Gasteiger partial charge in [-0.3, -0.25) is 0 Å². The lowest BCUT2D eigenvalue weighted by molar-refractivity contribution is 0.160. The molecule has 0 saturated carbocycles. The van der Waals surface area contributed by atoms with Crippen molar-refractivity contribution in [2.45, 2.75) is 13.8 Å². The molecule has 0 fully saturated rings. The highest BCUT2D eigenvalue weighted by Gasteiger charge is 1.61. The fourth-order valence-electron chi connectivity index (χ4n) is 0.129. The second-order valence-corrected chi connectivity index (χ2v) is 0.733. The normalized spacial score (nSPS) is 9.67. The molecular formula is C4H8NO. The highest BCUT2D eigenvalue weighted by molar-refractivity contribution is 5.52. The summed E-state index contributed by atoms with van der Waals surface area (Å²) >= 11 is 0. The summed E-state index contributed by atoms with van der Waals surface area (Å²) in [5, 5.41) is 3.34. The number of hydrogen-bond donors (Lipinski definition) is 0. The molecule has 0 amide bonds. The van der Waals surface area contributed by atoms with Crippen molar-refractivity contribution in [1.82, 2.24) is 0 Å². The Bertz CT molecular complexity index is 42.8. The van der Waals surface area contributed by atoms with Gasteiger partial charge in [0, 0.05) is 0 Å². The molecule has 0 saturated heterocycles. The predicted molar refractivity (Wildman–Crippen MR) is 24.7 cm³/mol. The molecule has 0 atom stereocenters. The van der Waals surface area contributed by atoms with Gasteiger partial charge < -0.3 is 4.84 Å². The lowest BCUT2D eigenvalue weighted by Gasteiger charge is -1.83. The van der Waals surface area contributed by atoms with Gasteiger partial charge >= 0.3 is 0 Å². The molecule has 0 aliphatic rings. The largest absolute Gasteiger partial charge is 0.396 e. The fourth-order valence-corrected chi connectivity index (χ4v) is 0.129. The average molecular weight is 86.1 g/mol. The van der Waals surface area contributed by atoms with Crippen LogP contribution in [0, 0.1) is 0 Å². The first-order valence-corrected chi connectivity index (χ1v) is 1.90. The van der Waals surface area contributed by atoms with Crippen LogP contribution < -0.4 is 0 Å². The maximum Gasteiger partial charge on any atom is 0.114 e. The molecule has 2 nitrogen and oxygen atoms in total. The Balaban J connectivity index is 2.66. The Labute approximate surface area is 37.8 Å². The van der Waals surface area contributed by atoms with Crippen LogP contribution in [0.1, 0.15) is 13.8 Å². The van der Waals surface area contributed by atoms with Gasteiger partial charge in [-0.25, -0.2) is 0 Å². The summed E-state index contributed by atoms with van der Waals surface area (Å²) in [6.07, 6.45) is 2.47. The van der Waals surface area contributed by atoms with Crippen molar-refractivity contribution in [3.63, 3.8) is 0 Å². The lowest BCUT2D eigenvalue weighted by Crippen LogP contribution is -1.75. The van der Waals surface area contributed by atoms with Crippen molar-refractivity contribution in [2.75, 3.05) is 6.61 Å². The summed E-state index contributed by atoms with van der Waals surface area (Å²) in [4.78, 5) is 4.50. The van der Waals surface area contributed by atoms with Crippen molar-refractivity contribution in [3.05, 3.63) is 0 Å². The van der Waals surface area contributed by atoms with Crippen LogP contribution in [0.25, 0.3) is 0 Å². The molecule has 2 heteroatoms. The van der Waals surface area contributed by atoms with Crippen molar-refractivity contribution in [3.8, 4) is 0 Å². The molecule has 0 aromatic heterocycles.